The number of thiophene rings is 1. The van der Waals surface area contributed by atoms with Crippen molar-refractivity contribution in [2.75, 3.05) is 19.8 Å². The summed E-state index contributed by atoms with van der Waals surface area (Å²) in [4.78, 5) is 1.42. The van der Waals surface area contributed by atoms with Crippen LogP contribution in [-0.4, -0.2) is 25.8 Å². The van der Waals surface area contributed by atoms with Gasteiger partial charge in [-0.25, -0.2) is 0 Å². The van der Waals surface area contributed by atoms with E-state index < -0.39 is 0 Å². The van der Waals surface area contributed by atoms with Gasteiger partial charge in [-0.3, -0.25) is 0 Å². The van der Waals surface area contributed by atoms with E-state index in [0.29, 0.717) is 0 Å². The van der Waals surface area contributed by atoms with Gasteiger partial charge in [0.15, 0.2) is 0 Å². The van der Waals surface area contributed by atoms with Crippen LogP contribution >= 0.6 is 11.3 Å². The number of ether oxygens (including phenoxy) is 1. The average Bonchev–Trinajstić information content (AvgIpc) is 2.96. The minimum absolute atomic E-state index is 0.765. The Morgan fingerprint density at radius 3 is 2.94 bits per heavy atom. The molecule has 0 atom stereocenters. The molecule has 1 aromatic rings. The molecule has 0 amide bonds. The zero-order chi connectivity index (χ0) is 11.1. The first kappa shape index (κ1) is 12.1. The van der Waals surface area contributed by atoms with Crippen molar-refractivity contribution in [3.63, 3.8) is 0 Å². The molecular weight excluding hydrogens is 218 g/mol. The van der Waals surface area contributed by atoms with E-state index in [0.717, 1.165) is 32.2 Å². The molecule has 0 saturated heterocycles. The summed E-state index contributed by atoms with van der Waals surface area (Å²) in [5.74, 6) is 0. The molecule has 0 spiro atoms. The van der Waals surface area contributed by atoms with Crippen molar-refractivity contribution in [3.05, 3.63) is 22.4 Å². The fourth-order valence-electron chi connectivity index (χ4n) is 2.19. The zero-order valence-electron chi connectivity index (χ0n) is 9.78. The van der Waals surface area contributed by atoms with Gasteiger partial charge in [0, 0.05) is 23.9 Å². The van der Waals surface area contributed by atoms with Gasteiger partial charge in [0.1, 0.15) is 0 Å². The lowest BCUT2D eigenvalue weighted by Crippen LogP contribution is -2.29. The van der Waals surface area contributed by atoms with Gasteiger partial charge < -0.3 is 10.1 Å². The molecule has 1 N–H and O–H groups in total. The molecule has 0 unspecified atom stereocenters. The van der Waals surface area contributed by atoms with Gasteiger partial charge in [-0.2, -0.15) is 0 Å². The molecule has 1 heterocycles. The monoisotopic (exact) mass is 239 g/mol. The SMILES string of the molecule is c1csc(CCOCCNC2CCCC2)c1. The molecule has 2 rings (SSSR count). The molecule has 0 aromatic carbocycles. The molecule has 0 radical (unpaired) electrons. The molecule has 3 heteroatoms. The molecule has 0 aliphatic heterocycles. The van der Waals surface area contributed by atoms with Gasteiger partial charge in [-0.05, 0) is 24.3 Å². The molecular formula is C13H21NOS. The highest BCUT2D eigenvalue weighted by Crippen LogP contribution is 2.17. The predicted molar refractivity (Wildman–Crippen MR) is 69.1 cm³/mol. The zero-order valence-corrected chi connectivity index (χ0v) is 10.6. The van der Waals surface area contributed by atoms with Gasteiger partial charge in [-0.1, -0.05) is 18.9 Å². The highest BCUT2D eigenvalue weighted by atomic mass is 32.1. The third-order valence-corrected chi connectivity index (χ3v) is 4.04. The van der Waals surface area contributed by atoms with Crippen LogP contribution in [0.2, 0.25) is 0 Å². The lowest BCUT2D eigenvalue weighted by molar-refractivity contribution is 0.137. The van der Waals surface area contributed by atoms with Crippen molar-refractivity contribution in [3.8, 4) is 0 Å². The first-order chi connectivity index (χ1) is 7.95. The number of nitrogens with one attached hydrogen (secondary N) is 1. The summed E-state index contributed by atoms with van der Waals surface area (Å²) in [7, 11) is 0. The van der Waals surface area contributed by atoms with Crippen LogP contribution in [0.5, 0.6) is 0 Å². The topological polar surface area (TPSA) is 21.3 Å². The third kappa shape index (κ3) is 4.24. The second kappa shape index (κ2) is 7.05. The molecule has 1 fully saturated rings. The molecule has 90 valence electrons. The van der Waals surface area contributed by atoms with Gasteiger partial charge >= 0.3 is 0 Å². The Morgan fingerprint density at radius 2 is 2.19 bits per heavy atom. The maximum Gasteiger partial charge on any atom is 0.0591 e. The molecule has 1 aromatic heterocycles. The molecule has 2 nitrogen and oxygen atoms in total. The molecule has 1 aliphatic carbocycles. The van der Waals surface area contributed by atoms with Crippen LogP contribution in [0.3, 0.4) is 0 Å². The Morgan fingerprint density at radius 1 is 1.31 bits per heavy atom. The summed E-state index contributed by atoms with van der Waals surface area (Å²) in [5, 5.41) is 5.67. The average molecular weight is 239 g/mol. The lowest BCUT2D eigenvalue weighted by Gasteiger charge is -2.11. The van der Waals surface area contributed by atoms with Crippen molar-refractivity contribution < 1.29 is 4.74 Å². The first-order valence-electron chi connectivity index (χ1n) is 6.28. The predicted octanol–water partition coefficient (Wildman–Crippen LogP) is 2.84. The number of rotatable bonds is 7. The molecule has 1 aliphatic rings. The van der Waals surface area contributed by atoms with Crippen molar-refractivity contribution in [1.29, 1.82) is 0 Å². The normalized spacial score (nSPS) is 17.0. The second-order valence-electron chi connectivity index (χ2n) is 4.38. The van der Waals surface area contributed by atoms with Crippen molar-refractivity contribution in [2.24, 2.45) is 0 Å². The summed E-state index contributed by atoms with van der Waals surface area (Å²) in [6.07, 6.45) is 6.57. The van der Waals surface area contributed by atoms with E-state index in [1.807, 2.05) is 11.3 Å². The van der Waals surface area contributed by atoms with E-state index in [4.69, 9.17) is 4.74 Å². The smallest absolute Gasteiger partial charge is 0.0591 e. The minimum atomic E-state index is 0.765. The van der Waals surface area contributed by atoms with E-state index in [2.05, 4.69) is 22.8 Å². The summed E-state index contributed by atoms with van der Waals surface area (Å²) in [6.45, 7) is 2.71. The summed E-state index contributed by atoms with van der Waals surface area (Å²) in [6, 6.07) is 5.04. The third-order valence-electron chi connectivity index (χ3n) is 3.11. The van der Waals surface area contributed by atoms with Crippen LogP contribution < -0.4 is 5.32 Å². The lowest BCUT2D eigenvalue weighted by atomic mass is 10.2. The Labute approximate surface area is 102 Å². The van der Waals surface area contributed by atoms with Crippen LogP contribution in [-0.2, 0) is 11.2 Å². The summed E-state index contributed by atoms with van der Waals surface area (Å²) >= 11 is 1.81. The Bertz CT molecular complexity index is 267. The maximum atomic E-state index is 5.61. The van der Waals surface area contributed by atoms with Crippen LogP contribution in [0.15, 0.2) is 17.5 Å². The van der Waals surface area contributed by atoms with E-state index in [1.54, 1.807) is 0 Å². The Hall–Kier alpha value is -0.380. The van der Waals surface area contributed by atoms with Crippen molar-refractivity contribution >= 4 is 11.3 Å². The fourth-order valence-corrected chi connectivity index (χ4v) is 2.89. The van der Waals surface area contributed by atoms with Crippen LogP contribution in [0, 0.1) is 0 Å². The standard InChI is InChI=1S/C13H21NOS/c1-2-5-12(4-1)14-8-10-15-9-7-13-6-3-11-16-13/h3,6,11-12,14H,1-2,4-5,7-10H2. The quantitative estimate of drug-likeness (QED) is 0.739. The van der Waals surface area contributed by atoms with E-state index in [9.17, 15) is 0 Å². The van der Waals surface area contributed by atoms with Crippen molar-refractivity contribution in [2.45, 2.75) is 38.1 Å². The molecule has 0 bridgehead atoms. The Kier molecular flexibility index (Phi) is 5.32. The maximum absolute atomic E-state index is 5.61. The van der Waals surface area contributed by atoms with Crippen molar-refractivity contribution in [1.82, 2.24) is 5.32 Å². The Balaban J connectivity index is 1.43. The highest BCUT2D eigenvalue weighted by Gasteiger charge is 2.12. The molecule has 16 heavy (non-hydrogen) atoms. The second-order valence-corrected chi connectivity index (χ2v) is 5.41. The fraction of sp³-hybridized carbons (Fsp3) is 0.692. The van der Waals surface area contributed by atoms with Gasteiger partial charge in [0.05, 0.1) is 13.2 Å². The minimum Gasteiger partial charge on any atom is -0.380 e. The highest BCUT2D eigenvalue weighted by molar-refractivity contribution is 7.09. The van der Waals surface area contributed by atoms with Gasteiger partial charge in [0.25, 0.3) is 0 Å². The first-order valence-corrected chi connectivity index (χ1v) is 7.16. The summed E-state index contributed by atoms with van der Waals surface area (Å²) < 4.78 is 5.61. The largest absolute Gasteiger partial charge is 0.380 e. The van der Waals surface area contributed by atoms with Crippen LogP contribution in [0.1, 0.15) is 30.6 Å². The van der Waals surface area contributed by atoms with Crippen LogP contribution in [0.25, 0.3) is 0 Å². The van der Waals surface area contributed by atoms with Gasteiger partial charge in [0.2, 0.25) is 0 Å². The van der Waals surface area contributed by atoms with Crippen LogP contribution in [0.4, 0.5) is 0 Å². The van der Waals surface area contributed by atoms with E-state index in [-0.39, 0.29) is 0 Å². The number of hydrogen-bond acceptors (Lipinski definition) is 3. The van der Waals surface area contributed by atoms with E-state index in [1.165, 1.54) is 30.6 Å². The van der Waals surface area contributed by atoms with Gasteiger partial charge in [-0.15, -0.1) is 11.3 Å². The van der Waals surface area contributed by atoms with E-state index >= 15 is 0 Å². The number of hydrogen-bond donors (Lipinski definition) is 1. The summed E-state index contributed by atoms with van der Waals surface area (Å²) in [5.41, 5.74) is 0. The molecule has 1 saturated carbocycles.